The predicted octanol–water partition coefficient (Wildman–Crippen LogP) is 3.58. The smallest absolute Gasteiger partial charge is 0.321 e. The van der Waals surface area contributed by atoms with Crippen molar-refractivity contribution in [1.29, 1.82) is 0 Å². The van der Waals surface area contributed by atoms with Crippen molar-refractivity contribution in [2.24, 2.45) is 5.41 Å². The second-order valence-corrected chi connectivity index (χ2v) is 7.07. The highest BCUT2D eigenvalue weighted by molar-refractivity contribution is 5.98. The van der Waals surface area contributed by atoms with Gasteiger partial charge < -0.3 is 20.4 Å². The van der Waals surface area contributed by atoms with Gasteiger partial charge in [-0.05, 0) is 38.5 Å². The Balaban J connectivity index is 4.49. The van der Waals surface area contributed by atoms with Crippen molar-refractivity contribution < 1.29 is 30.0 Å². The van der Waals surface area contributed by atoms with Crippen LogP contribution in [0.25, 0.3) is 0 Å². The van der Waals surface area contributed by atoms with Crippen molar-refractivity contribution in [3.63, 3.8) is 0 Å². The Labute approximate surface area is 151 Å². The summed E-state index contributed by atoms with van der Waals surface area (Å²) in [5.74, 6) is -2.58. The molecule has 148 valence electrons. The van der Waals surface area contributed by atoms with Crippen LogP contribution in [0.4, 0.5) is 0 Å². The van der Waals surface area contributed by atoms with Crippen LogP contribution in [-0.4, -0.2) is 44.6 Å². The molecule has 0 amide bonds. The van der Waals surface area contributed by atoms with Gasteiger partial charge in [0, 0.05) is 0 Å². The van der Waals surface area contributed by atoms with Crippen LogP contribution in [-0.2, 0) is 9.59 Å². The molecule has 2 atom stereocenters. The molecule has 0 heterocycles. The Morgan fingerprint density at radius 1 is 0.720 bits per heavy atom. The fraction of sp³-hybridized carbons (Fsp3) is 0.895. The third-order valence-electron chi connectivity index (χ3n) is 4.84. The van der Waals surface area contributed by atoms with Gasteiger partial charge in [-0.15, -0.1) is 0 Å². The third-order valence-corrected chi connectivity index (χ3v) is 4.84. The molecule has 0 bridgehead atoms. The van der Waals surface area contributed by atoms with E-state index < -0.39 is 29.6 Å². The van der Waals surface area contributed by atoms with Crippen LogP contribution in [0.2, 0.25) is 0 Å². The van der Waals surface area contributed by atoms with Gasteiger partial charge in [-0.1, -0.05) is 52.4 Å². The average molecular weight is 360 g/mol. The average Bonchev–Trinajstić information content (AvgIpc) is 2.53. The quantitative estimate of drug-likeness (QED) is 0.247. The van der Waals surface area contributed by atoms with Gasteiger partial charge in [0.15, 0.2) is 5.41 Å². The van der Waals surface area contributed by atoms with E-state index >= 15 is 0 Å². The fourth-order valence-corrected chi connectivity index (χ4v) is 3.21. The number of carboxylic acids is 2. The summed E-state index contributed by atoms with van der Waals surface area (Å²) < 4.78 is 0. The molecule has 6 heteroatoms. The van der Waals surface area contributed by atoms with Crippen LogP contribution in [0.3, 0.4) is 0 Å². The SMILES string of the molecule is CCCC(O)CCCCC(CCCCC(O)CCC)(C(=O)O)C(=O)O. The number of aliphatic carboxylic acids is 2. The van der Waals surface area contributed by atoms with Gasteiger partial charge in [-0.3, -0.25) is 9.59 Å². The maximum absolute atomic E-state index is 11.6. The molecule has 6 nitrogen and oxygen atoms in total. The minimum absolute atomic E-state index is 0.0774. The molecule has 0 spiro atoms. The van der Waals surface area contributed by atoms with Crippen LogP contribution < -0.4 is 0 Å². The van der Waals surface area contributed by atoms with Crippen LogP contribution in [0.15, 0.2) is 0 Å². The molecule has 0 radical (unpaired) electrons. The van der Waals surface area contributed by atoms with Gasteiger partial charge in [0.05, 0.1) is 12.2 Å². The van der Waals surface area contributed by atoms with Crippen LogP contribution >= 0.6 is 0 Å². The van der Waals surface area contributed by atoms with Crippen LogP contribution in [0.5, 0.6) is 0 Å². The first-order valence-corrected chi connectivity index (χ1v) is 9.63. The molecule has 0 aromatic heterocycles. The Kier molecular flexibility index (Phi) is 12.5. The number of aliphatic hydroxyl groups is 2. The summed E-state index contributed by atoms with van der Waals surface area (Å²) in [5, 5.41) is 38.4. The van der Waals surface area contributed by atoms with E-state index in [1.54, 1.807) is 0 Å². The molecule has 0 aromatic rings. The first-order chi connectivity index (χ1) is 11.8. The van der Waals surface area contributed by atoms with E-state index in [4.69, 9.17) is 0 Å². The number of carboxylic acid groups (broad SMARTS) is 2. The van der Waals surface area contributed by atoms with Gasteiger partial charge in [0.2, 0.25) is 0 Å². The molecule has 0 rings (SSSR count). The summed E-state index contributed by atoms with van der Waals surface area (Å²) in [4.78, 5) is 23.3. The summed E-state index contributed by atoms with van der Waals surface area (Å²) in [5.41, 5.74) is -1.76. The lowest BCUT2D eigenvalue weighted by atomic mass is 9.77. The van der Waals surface area contributed by atoms with Gasteiger partial charge in [-0.2, -0.15) is 0 Å². The zero-order valence-corrected chi connectivity index (χ0v) is 15.7. The third kappa shape index (κ3) is 9.21. The monoisotopic (exact) mass is 360 g/mol. The first kappa shape index (κ1) is 23.9. The Morgan fingerprint density at radius 2 is 1.08 bits per heavy atom. The molecule has 0 aliphatic rings. The molecule has 4 N–H and O–H groups in total. The molecular weight excluding hydrogens is 324 g/mol. The lowest BCUT2D eigenvalue weighted by Gasteiger charge is -2.25. The van der Waals surface area contributed by atoms with Crippen LogP contribution in [0, 0.1) is 5.41 Å². The van der Waals surface area contributed by atoms with E-state index in [2.05, 4.69) is 0 Å². The largest absolute Gasteiger partial charge is 0.480 e. The number of carbonyl (C=O) groups is 2. The summed E-state index contributed by atoms with van der Waals surface area (Å²) in [7, 11) is 0. The Morgan fingerprint density at radius 3 is 1.36 bits per heavy atom. The minimum atomic E-state index is -1.76. The number of aliphatic hydroxyl groups excluding tert-OH is 2. The maximum Gasteiger partial charge on any atom is 0.321 e. The summed E-state index contributed by atoms with van der Waals surface area (Å²) in [6.45, 7) is 3.97. The van der Waals surface area contributed by atoms with Crippen molar-refractivity contribution >= 4 is 11.9 Å². The molecule has 0 saturated heterocycles. The Hall–Kier alpha value is -1.14. The second-order valence-electron chi connectivity index (χ2n) is 7.07. The molecular formula is C19H36O6. The number of hydrogen-bond donors (Lipinski definition) is 4. The van der Waals surface area contributed by atoms with E-state index in [1.807, 2.05) is 13.8 Å². The Bertz CT molecular complexity index is 346. The lowest BCUT2D eigenvalue weighted by molar-refractivity contribution is -0.166. The zero-order chi connectivity index (χ0) is 19.3. The van der Waals surface area contributed by atoms with Crippen molar-refractivity contribution in [3.05, 3.63) is 0 Å². The predicted molar refractivity (Wildman–Crippen MR) is 96.5 cm³/mol. The summed E-state index contributed by atoms with van der Waals surface area (Å²) in [6, 6.07) is 0. The van der Waals surface area contributed by atoms with Gasteiger partial charge >= 0.3 is 11.9 Å². The highest BCUT2D eigenvalue weighted by Crippen LogP contribution is 2.33. The molecule has 0 aromatic carbocycles. The van der Waals surface area contributed by atoms with Crippen molar-refractivity contribution in [2.75, 3.05) is 0 Å². The van der Waals surface area contributed by atoms with Crippen molar-refractivity contribution in [2.45, 2.75) is 103 Å². The zero-order valence-electron chi connectivity index (χ0n) is 15.7. The fourth-order valence-electron chi connectivity index (χ4n) is 3.21. The van der Waals surface area contributed by atoms with Gasteiger partial charge in [-0.25, -0.2) is 0 Å². The van der Waals surface area contributed by atoms with Crippen LogP contribution in [0.1, 0.15) is 90.9 Å². The topological polar surface area (TPSA) is 115 Å². The lowest BCUT2D eigenvalue weighted by Crippen LogP contribution is -2.39. The second kappa shape index (κ2) is 13.1. The normalized spacial score (nSPS) is 14.2. The van der Waals surface area contributed by atoms with E-state index in [1.165, 1.54) is 0 Å². The van der Waals surface area contributed by atoms with Gasteiger partial charge in [0.1, 0.15) is 0 Å². The molecule has 0 saturated carbocycles. The van der Waals surface area contributed by atoms with Gasteiger partial charge in [0.25, 0.3) is 0 Å². The van der Waals surface area contributed by atoms with E-state index in [0.29, 0.717) is 51.4 Å². The molecule has 0 aliphatic heterocycles. The maximum atomic E-state index is 11.6. The molecule has 0 fully saturated rings. The number of rotatable bonds is 16. The number of hydrogen-bond acceptors (Lipinski definition) is 4. The van der Waals surface area contributed by atoms with E-state index in [9.17, 15) is 30.0 Å². The molecule has 0 aliphatic carbocycles. The van der Waals surface area contributed by atoms with Crippen molar-refractivity contribution in [1.82, 2.24) is 0 Å². The highest BCUT2D eigenvalue weighted by Gasteiger charge is 2.45. The number of unbranched alkanes of at least 4 members (excludes halogenated alkanes) is 2. The molecule has 2 unspecified atom stereocenters. The first-order valence-electron chi connectivity index (χ1n) is 9.63. The molecule has 25 heavy (non-hydrogen) atoms. The standard InChI is InChI=1S/C19H36O6/c1-3-9-15(20)11-5-7-13-19(17(22)23,18(24)25)14-8-6-12-16(21)10-4-2/h15-16,20-21H,3-14H2,1-2H3,(H,22,23)(H,24,25). The highest BCUT2D eigenvalue weighted by atomic mass is 16.4. The summed E-state index contributed by atoms with van der Waals surface area (Å²) >= 11 is 0. The summed E-state index contributed by atoms with van der Waals surface area (Å²) in [6.07, 6.45) is 5.90. The van der Waals surface area contributed by atoms with E-state index in [-0.39, 0.29) is 12.8 Å². The van der Waals surface area contributed by atoms with Crippen molar-refractivity contribution in [3.8, 4) is 0 Å². The minimum Gasteiger partial charge on any atom is -0.480 e. The van der Waals surface area contributed by atoms with E-state index in [0.717, 1.165) is 12.8 Å².